The first-order valence-corrected chi connectivity index (χ1v) is 5.71. The van der Waals surface area contributed by atoms with Gasteiger partial charge < -0.3 is 5.32 Å². The zero-order chi connectivity index (χ0) is 12.5. The monoisotopic (exact) mass is 239 g/mol. The van der Waals surface area contributed by atoms with E-state index in [1.54, 1.807) is 10.9 Å². The molecule has 3 heterocycles. The molecule has 3 aromatic rings. The minimum Gasteiger partial charge on any atom is -0.322 e. The van der Waals surface area contributed by atoms with E-state index in [4.69, 9.17) is 0 Å². The topological polar surface area (TPSA) is 55.6 Å². The predicted molar refractivity (Wildman–Crippen MR) is 70.8 cm³/mol. The lowest BCUT2D eigenvalue weighted by Crippen LogP contribution is -1.98. The average Bonchev–Trinajstić information content (AvgIpc) is 2.76. The molecule has 0 aromatic carbocycles. The van der Waals surface area contributed by atoms with E-state index in [2.05, 4.69) is 20.4 Å². The van der Waals surface area contributed by atoms with E-state index in [9.17, 15) is 0 Å². The first-order chi connectivity index (χ1) is 8.72. The van der Waals surface area contributed by atoms with E-state index in [-0.39, 0.29) is 0 Å². The van der Waals surface area contributed by atoms with Crippen molar-refractivity contribution in [3.05, 3.63) is 42.4 Å². The molecule has 0 radical (unpaired) electrons. The van der Waals surface area contributed by atoms with Crippen molar-refractivity contribution < 1.29 is 0 Å². The lowest BCUT2D eigenvalue weighted by molar-refractivity contribution is 0.771. The van der Waals surface area contributed by atoms with Gasteiger partial charge in [-0.15, -0.1) is 0 Å². The summed E-state index contributed by atoms with van der Waals surface area (Å²) in [5.74, 6) is 1.50. The van der Waals surface area contributed by atoms with Crippen LogP contribution in [0, 0.1) is 6.92 Å². The maximum atomic E-state index is 4.52. The summed E-state index contributed by atoms with van der Waals surface area (Å²) in [5, 5.41) is 8.53. The van der Waals surface area contributed by atoms with Gasteiger partial charge in [-0.1, -0.05) is 6.07 Å². The zero-order valence-electron chi connectivity index (χ0n) is 10.3. The molecule has 18 heavy (non-hydrogen) atoms. The summed E-state index contributed by atoms with van der Waals surface area (Å²) < 4.78 is 1.74. The van der Waals surface area contributed by atoms with E-state index >= 15 is 0 Å². The summed E-state index contributed by atoms with van der Waals surface area (Å²) >= 11 is 0. The number of fused-ring (bicyclic) bond motifs is 1. The largest absolute Gasteiger partial charge is 0.322 e. The van der Waals surface area contributed by atoms with E-state index in [0.717, 1.165) is 28.2 Å². The van der Waals surface area contributed by atoms with Gasteiger partial charge in [0, 0.05) is 36.6 Å². The smallest absolute Gasteiger partial charge is 0.158 e. The third kappa shape index (κ3) is 1.90. The quantitative estimate of drug-likeness (QED) is 0.746. The number of anilines is 2. The molecule has 3 aromatic heterocycles. The molecule has 1 N–H and O–H groups in total. The molecule has 0 aliphatic heterocycles. The van der Waals surface area contributed by atoms with Crippen LogP contribution in [0.15, 0.2) is 36.7 Å². The number of hydrogen-bond donors (Lipinski definition) is 1. The van der Waals surface area contributed by atoms with Crippen LogP contribution in [0.25, 0.3) is 10.9 Å². The number of aromatic nitrogens is 4. The Balaban J connectivity index is 2.08. The molecule has 0 saturated carbocycles. The molecule has 5 nitrogen and oxygen atoms in total. The Morgan fingerprint density at radius 2 is 2.06 bits per heavy atom. The molecular weight excluding hydrogens is 226 g/mol. The fourth-order valence-corrected chi connectivity index (χ4v) is 1.84. The van der Waals surface area contributed by atoms with E-state index < -0.39 is 0 Å². The van der Waals surface area contributed by atoms with Gasteiger partial charge in [-0.05, 0) is 19.1 Å². The van der Waals surface area contributed by atoms with Crippen LogP contribution >= 0.6 is 0 Å². The number of hydrogen-bond acceptors (Lipinski definition) is 4. The van der Waals surface area contributed by atoms with Crippen molar-refractivity contribution in [2.24, 2.45) is 7.05 Å². The van der Waals surface area contributed by atoms with Crippen molar-refractivity contribution in [3.63, 3.8) is 0 Å². The number of aryl methyl sites for hydroxylation is 2. The lowest BCUT2D eigenvalue weighted by Gasteiger charge is -2.06. The fraction of sp³-hybridized carbons (Fsp3) is 0.154. The van der Waals surface area contributed by atoms with Crippen LogP contribution in [0.4, 0.5) is 11.6 Å². The van der Waals surface area contributed by atoms with E-state index in [1.807, 2.05) is 44.4 Å². The second-order valence-electron chi connectivity index (χ2n) is 4.18. The Morgan fingerprint density at radius 3 is 2.83 bits per heavy atom. The minimum absolute atomic E-state index is 0.731. The lowest BCUT2D eigenvalue weighted by atomic mass is 10.2. The Hall–Kier alpha value is -2.43. The second-order valence-corrected chi connectivity index (χ2v) is 4.18. The molecule has 0 amide bonds. The molecule has 5 heteroatoms. The molecule has 3 rings (SSSR count). The van der Waals surface area contributed by atoms with Gasteiger partial charge in [-0.25, -0.2) is 9.97 Å². The Morgan fingerprint density at radius 1 is 1.17 bits per heavy atom. The summed E-state index contributed by atoms with van der Waals surface area (Å²) in [6, 6.07) is 7.89. The van der Waals surface area contributed by atoms with Crippen LogP contribution in [0.3, 0.4) is 0 Å². The molecule has 0 spiro atoms. The van der Waals surface area contributed by atoms with Crippen LogP contribution in [0.2, 0.25) is 0 Å². The highest BCUT2D eigenvalue weighted by Crippen LogP contribution is 2.21. The number of nitrogens with one attached hydrogen (secondary N) is 1. The van der Waals surface area contributed by atoms with Crippen molar-refractivity contribution in [2.45, 2.75) is 6.92 Å². The summed E-state index contributed by atoms with van der Waals surface area (Å²) in [7, 11) is 1.88. The molecule has 0 unspecified atom stereocenters. The number of pyridine rings is 2. The summed E-state index contributed by atoms with van der Waals surface area (Å²) in [6.07, 6.45) is 3.65. The average molecular weight is 239 g/mol. The molecule has 0 bridgehead atoms. The van der Waals surface area contributed by atoms with Crippen molar-refractivity contribution in [3.8, 4) is 0 Å². The van der Waals surface area contributed by atoms with E-state index in [0.29, 0.717) is 0 Å². The van der Waals surface area contributed by atoms with Crippen molar-refractivity contribution in [1.29, 1.82) is 0 Å². The Bertz CT molecular complexity index is 701. The van der Waals surface area contributed by atoms with Gasteiger partial charge in [-0.2, -0.15) is 5.10 Å². The molecule has 0 aliphatic rings. The Kier molecular flexibility index (Phi) is 2.44. The molecule has 0 aliphatic carbocycles. The van der Waals surface area contributed by atoms with E-state index in [1.165, 1.54) is 0 Å². The summed E-state index contributed by atoms with van der Waals surface area (Å²) in [5.41, 5.74) is 1.84. The SMILES string of the molecule is Cc1ccc2ccnc(Nc3ccn(C)n3)c2n1. The fourth-order valence-electron chi connectivity index (χ4n) is 1.84. The number of rotatable bonds is 2. The normalized spacial score (nSPS) is 10.8. The van der Waals surface area contributed by atoms with Crippen molar-refractivity contribution >= 4 is 22.5 Å². The number of nitrogens with zero attached hydrogens (tertiary/aromatic N) is 4. The first-order valence-electron chi connectivity index (χ1n) is 5.71. The van der Waals surface area contributed by atoms with Gasteiger partial charge in [-0.3, -0.25) is 4.68 Å². The maximum absolute atomic E-state index is 4.52. The van der Waals surface area contributed by atoms with Gasteiger partial charge in [0.05, 0.1) is 0 Å². The first kappa shape index (κ1) is 10.7. The standard InChI is InChI=1S/C13H13N5/c1-9-3-4-10-5-7-14-13(12(10)15-9)16-11-6-8-18(2)17-11/h3-8H,1-2H3,(H,14,16,17). The van der Waals surface area contributed by atoms with Gasteiger partial charge in [0.25, 0.3) is 0 Å². The summed E-state index contributed by atoms with van der Waals surface area (Å²) in [4.78, 5) is 8.85. The maximum Gasteiger partial charge on any atom is 0.158 e. The van der Waals surface area contributed by atoms with Crippen molar-refractivity contribution in [1.82, 2.24) is 19.7 Å². The Labute approximate surface area is 104 Å². The highest BCUT2D eigenvalue weighted by molar-refractivity contribution is 5.89. The van der Waals surface area contributed by atoms with Crippen molar-refractivity contribution in [2.75, 3.05) is 5.32 Å². The third-order valence-electron chi connectivity index (χ3n) is 2.71. The van der Waals surface area contributed by atoms with Crippen LogP contribution in [0.1, 0.15) is 5.69 Å². The minimum atomic E-state index is 0.731. The van der Waals surface area contributed by atoms with Crippen LogP contribution in [-0.2, 0) is 7.05 Å². The second kappa shape index (κ2) is 4.10. The molecule has 0 saturated heterocycles. The highest BCUT2D eigenvalue weighted by Gasteiger charge is 2.05. The van der Waals surface area contributed by atoms with Crippen LogP contribution in [0.5, 0.6) is 0 Å². The van der Waals surface area contributed by atoms with Gasteiger partial charge in [0.15, 0.2) is 11.6 Å². The zero-order valence-corrected chi connectivity index (χ0v) is 10.3. The van der Waals surface area contributed by atoms with Gasteiger partial charge >= 0.3 is 0 Å². The molecule has 0 atom stereocenters. The van der Waals surface area contributed by atoms with Crippen LogP contribution < -0.4 is 5.32 Å². The van der Waals surface area contributed by atoms with Gasteiger partial charge in [0.1, 0.15) is 5.52 Å². The third-order valence-corrected chi connectivity index (χ3v) is 2.71. The van der Waals surface area contributed by atoms with Crippen LogP contribution in [-0.4, -0.2) is 19.7 Å². The molecule has 0 fully saturated rings. The van der Waals surface area contributed by atoms with Gasteiger partial charge in [0.2, 0.25) is 0 Å². The molecule has 90 valence electrons. The predicted octanol–water partition coefficient (Wildman–Crippen LogP) is 2.42. The highest BCUT2D eigenvalue weighted by atomic mass is 15.3. The molecular formula is C13H13N5. The summed E-state index contributed by atoms with van der Waals surface area (Å²) in [6.45, 7) is 1.97.